The van der Waals surface area contributed by atoms with Crippen LogP contribution in [0.1, 0.15) is 19.4 Å². The van der Waals surface area contributed by atoms with Gasteiger partial charge in [-0.2, -0.15) is 0 Å². The number of fused-ring (bicyclic) bond motifs is 1. The van der Waals surface area contributed by atoms with Crippen molar-refractivity contribution in [1.29, 1.82) is 0 Å². The minimum Gasteiger partial charge on any atom is -0.309 e. The monoisotopic (exact) mass is 379 g/mol. The van der Waals surface area contributed by atoms with Crippen LogP contribution in [-0.4, -0.2) is 18.2 Å². The Hall–Kier alpha value is -1.59. The number of thiazole rings is 1. The molecule has 0 bridgehead atoms. The molecule has 0 aliphatic rings. The van der Waals surface area contributed by atoms with Gasteiger partial charge in [-0.25, -0.2) is 9.37 Å². The van der Waals surface area contributed by atoms with E-state index in [9.17, 15) is 8.96 Å². The minimum atomic E-state index is -3.11. The largest absolute Gasteiger partial charge is 0.335 e. The molecule has 0 saturated carbocycles. The average Bonchev–Trinajstić information content (AvgIpc) is 2.99. The molecule has 4 nitrogen and oxygen atoms in total. The van der Waals surface area contributed by atoms with E-state index in [0.29, 0.717) is 18.7 Å². The van der Waals surface area contributed by atoms with Crippen molar-refractivity contribution in [2.24, 2.45) is 0 Å². The van der Waals surface area contributed by atoms with Crippen LogP contribution in [0.3, 0.4) is 0 Å². The van der Waals surface area contributed by atoms with E-state index in [2.05, 4.69) is 4.98 Å². The van der Waals surface area contributed by atoms with Crippen LogP contribution >= 0.6 is 18.9 Å². The molecule has 1 aromatic heterocycles. The number of hydrogen-bond donors (Lipinski definition) is 0. The van der Waals surface area contributed by atoms with Crippen LogP contribution in [0.2, 0.25) is 0 Å². The Bertz CT molecular complexity index is 900. The van der Waals surface area contributed by atoms with Crippen LogP contribution in [0.15, 0.2) is 42.5 Å². The molecule has 0 amide bonds. The molecule has 0 fully saturated rings. The zero-order valence-electron chi connectivity index (χ0n) is 14.1. The van der Waals surface area contributed by atoms with Gasteiger partial charge in [-0.05, 0) is 31.5 Å². The summed E-state index contributed by atoms with van der Waals surface area (Å²) in [6, 6.07) is 12.2. The van der Waals surface area contributed by atoms with Gasteiger partial charge in [-0.3, -0.25) is 4.57 Å². The number of nitrogens with zero attached hydrogens (tertiary/aromatic N) is 1. The zero-order valence-corrected chi connectivity index (χ0v) is 15.8. The van der Waals surface area contributed by atoms with Gasteiger partial charge in [0.15, 0.2) is 0 Å². The van der Waals surface area contributed by atoms with Crippen molar-refractivity contribution in [3.8, 4) is 10.6 Å². The topological polar surface area (TPSA) is 48.4 Å². The summed E-state index contributed by atoms with van der Waals surface area (Å²) in [4.78, 5) is 4.48. The molecule has 0 radical (unpaired) electrons. The van der Waals surface area contributed by atoms with Crippen molar-refractivity contribution >= 4 is 29.1 Å². The number of halogens is 1. The van der Waals surface area contributed by atoms with E-state index in [-0.39, 0.29) is 12.0 Å². The highest BCUT2D eigenvalue weighted by Crippen LogP contribution is 2.51. The second-order valence-corrected chi connectivity index (χ2v) is 8.52. The van der Waals surface area contributed by atoms with Crippen molar-refractivity contribution < 1.29 is 18.0 Å². The molecule has 0 aliphatic carbocycles. The highest BCUT2D eigenvalue weighted by molar-refractivity contribution is 7.53. The summed E-state index contributed by atoms with van der Waals surface area (Å²) < 4.78 is 37.5. The quantitative estimate of drug-likeness (QED) is 0.482. The summed E-state index contributed by atoms with van der Waals surface area (Å²) in [7, 11) is -3.11. The molecule has 7 heteroatoms. The Labute approximate surface area is 150 Å². The van der Waals surface area contributed by atoms with Crippen LogP contribution in [0, 0.1) is 5.82 Å². The second kappa shape index (κ2) is 7.75. The molecule has 0 atom stereocenters. The summed E-state index contributed by atoms with van der Waals surface area (Å²) in [6.07, 6.45) is 0.236. The average molecular weight is 379 g/mol. The first-order chi connectivity index (χ1) is 12.0. The van der Waals surface area contributed by atoms with Crippen LogP contribution in [-0.2, 0) is 19.8 Å². The molecule has 0 unspecified atom stereocenters. The molecule has 0 spiro atoms. The van der Waals surface area contributed by atoms with E-state index in [4.69, 9.17) is 9.05 Å². The third-order valence-corrected chi connectivity index (χ3v) is 6.72. The van der Waals surface area contributed by atoms with E-state index in [1.807, 2.05) is 24.3 Å². The second-order valence-electron chi connectivity index (χ2n) is 5.43. The molecular weight excluding hydrogens is 360 g/mol. The fraction of sp³-hybridized carbons (Fsp3) is 0.278. The van der Waals surface area contributed by atoms with E-state index in [1.165, 1.54) is 23.5 Å². The van der Waals surface area contributed by atoms with Crippen LogP contribution in [0.5, 0.6) is 0 Å². The van der Waals surface area contributed by atoms with Gasteiger partial charge in [0.25, 0.3) is 0 Å². The first-order valence-electron chi connectivity index (χ1n) is 8.06. The number of hydrogen-bond acceptors (Lipinski definition) is 5. The molecule has 3 aromatic rings. The fourth-order valence-corrected chi connectivity index (χ4v) is 5.18. The molecular formula is C18H19FNO3PS. The normalized spacial score (nSPS) is 12.0. The molecule has 25 heavy (non-hydrogen) atoms. The van der Waals surface area contributed by atoms with Crippen molar-refractivity contribution in [2.75, 3.05) is 13.2 Å². The van der Waals surface area contributed by atoms with Gasteiger partial charge >= 0.3 is 7.60 Å². The van der Waals surface area contributed by atoms with Gasteiger partial charge < -0.3 is 9.05 Å². The lowest BCUT2D eigenvalue weighted by Crippen LogP contribution is -1.99. The third-order valence-electron chi connectivity index (χ3n) is 3.58. The van der Waals surface area contributed by atoms with Crippen LogP contribution < -0.4 is 0 Å². The van der Waals surface area contributed by atoms with Crippen molar-refractivity contribution in [2.45, 2.75) is 20.0 Å². The summed E-state index contributed by atoms with van der Waals surface area (Å²) in [5.41, 5.74) is 2.47. The van der Waals surface area contributed by atoms with Gasteiger partial charge in [-0.1, -0.05) is 24.3 Å². The Kier molecular flexibility index (Phi) is 5.64. The lowest BCUT2D eigenvalue weighted by Gasteiger charge is -2.17. The number of aromatic nitrogens is 1. The fourth-order valence-electron chi connectivity index (χ4n) is 2.52. The molecule has 0 aliphatic heterocycles. The van der Waals surface area contributed by atoms with Gasteiger partial charge in [-0.15, -0.1) is 11.3 Å². The SMILES string of the molecule is CCOP(=O)(Cc1ccc(-c2nc3cc(F)ccc3s2)cc1)OCC. The maximum absolute atomic E-state index is 13.3. The van der Waals surface area contributed by atoms with Gasteiger partial charge in [0.05, 0.1) is 29.6 Å². The van der Waals surface area contributed by atoms with E-state index < -0.39 is 7.60 Å². The molecule has 0 saturated heterocycles. The van der Waals surface area contributed by atoms with Crippen molar-refractivity contribution in [3.05, 3.63) is 53.8 Å². The maximum atomic E-state index is 13.3. The zero-order chi connectivity index (χ0) is 17.9. The Morgan fingerprint density at radius 2 is 1.76 bits per heavy atom. The van der Waals surface area contributed by atoms with E-state index >= 15 is 0 Å². The maximum Gasteiger partial charge on any atom is 0.335 e. The predicted molar refractivity (Wildman–Crippen MR) is 99.6 cm³/mol. The highest BCUT2D eigenvalue weighted by atomic mass is 32.1. The van der Waals surface area contributed by atoms with Gasteiger partial charge in [0.1, 0.15) is 10.8 Å². The summed E-state index contributed by atoms with van der Waals surface area (Å²) in [5, 5.41) is 0.824. The van der Waals surface area contributed by atoms with Crippen molar-refractivity contribution in [3.63, 3.8) is 0 Å². The standard InChI is InChI=1S/C18H19FNO3PS/c1-3-22-24(21,23-4-2)12-13-5-7-14(8-6-13)18-20-16-11-15(19)9-10-17(16)25-18/h5-11H,3-4,12H2,1-2H3. The van der Waals surface area contributed by atoms with E-state index in [0.717, 1.165) is 20.8 Å². The lowest BCUT2D eigenvalue weighted by atomic mass is 10.2. The summed E-state index contributed by atoms with van der Waals surface area (Å²) in [6.45, 7) is 4.28. The molecule has 0 N–H and O–H groups in total. The predicted octanol–water partition coefficient (Wildman–Crippen LogP) is 5.87. The lowest BCUT2D eigenvalue weighted by molar-refractivity contribution is 0.219. The first-order valence-corrected chi connectivity index (χ1v) is 10.6. The van der Waals surface area contributed by atoms with E-state index in [1.54, 1.807) is 19.9 Å². The Morgan fingerprint density at radius 3 is 2.40 bits per heavy atom. The van der Waals surface area contributed by atoms with Crippen LogP contribution in [0.25, 0.3) is 20.8 Å². The number of benzene rings is 2. The Morgan fingerprint density at radius 1 is 1.08 bits per heavy atom. The highest BCUT2D eigenvalue weighted by Gasteiger charge is 2.24. The minimum absolute atomic E-state index is 0.236. The van der Waals surface area contributed by atoms with Crippen LogP contribution in [0.4, 0.5) is 4.39 Å². The number of rotatable bonds is 7. The summed E-state index contributed by atoms with van der Waals surface area (Å²) in [5.74, 6) is -0.290. The third kappa shape index (κ3) is 4.33. The Balaban J connectivity index is 1.82. The van der Waals surface area contributed by atoms with Crippen molar-refractivity contribution in [1.82, 2.24) is 4.98 Å². The van der Waals surface area contributed by atoms with Gasteiger partial charge in [0, 0.05) is 11.6 Å². The van der Waals surface area contributed by atoms with Gasteiger partial charge in [0.2, 0.25) is 0 Å². The molecule has 1 heterocycles. The smallest absolute Gasteiger partial charge is 0.309 e. The molecule has 3 rings (SSSR count). The molecule has 2 aromatic carbocycles. The first kappa shape index (κ1) is 18.2. The molecule has 132 valence electrons. The summed E-state index contributed by atoms with van der Waals surface area (Å²) >= 11 is 1.51.